The van der Waals surface area contributed by atoms with Gasteiger partial charge in [0.15, 0.2) is 0 Å². The van der Waals surface area contributed by atoms with Crippen LogP contribution < -0.4 is 10.1 Å². The standard InChI is InChI=1S/C19H23ClN2O2/c1-3-22(4-2)12-13-24-18-11-10-15(20)14-17(18)19(23)21-16-8-6-5-7-9-16/h5-11,14H,3-4,12-13H2,1-2H3,(H,21,23). The number of carbonyl (C=O) groups excluding carboxylic acids is 1. The van der Waals surface area contributed by atoms with E-state index < -0.39 is 0 Å². The Kier molecular flexibility index (Phi) is 7.09. The molecule has 0 saturated heterocycles. The Morgan fingerprint density at radius 2 is 1.83 bits per heavy atom. The summed E-state index contributed by atoms with van der Waals surface area (Å²) < 4.78 is 5.82. The van der Waals surface area contributed by atoms with Gasteiger partial charge in [0.2, 0.25) is 0 Å². The van der Waals surface area contributed by atoms with Crippen molar-refractivity contribution in [3.05, 3.63) is 59.1 Å². The number of likely N-dealkylation sites (N-methyl/N-ethyl adjacent to an activating group) is 1. The molecule has 5 heteroatoms. The van der Waals surface area contributed by atoms with Crippen molar-refractivity contribution in [3.63, 3.8) is 0 Å². The lowest BCUT2D eigenvalue weighted by Crippen LogP contribution is -2.28. The van der Waals surface area contributed by atoms with Crippen LogP contribution in [-0.4, -0.2) is 37.0 Å². The van der Waals surface area contributed by atoms with Gasteiger partial charge in [-0.15, -0.1) is 0 Å². The lowest BCUT2D eigenvalue weighted by Gasteiger charge is -2.19. The summed E-state index contributed by atoms with van der Waals surface area (Å²) in [4.78, 5) is 14.8. The molecule has 0 spiro atoms. The molecule has 128 valence electrons. The van der Waals surface area contributed by atoms with Gasteiger partial charge in [-0.2, -0.15) is 0 Å². The number of amides is 1. The van der Waals surface area contributed by atoms with Crippen LogP contribution in [0.1, 0.15) is 24.2 Å². The molecule has 0 atom stereocenters. The van der Waals surface area contributed by atoms with Crippen molar-refractivity contribution in [2.75, 3.05) is 31.6 Å². The van der Waals surface area contributed by atoms with Crippen LogP contribution in [0.15, 0.2) is 48.5 Å². The summed E-state index contributed by atoms with van der Waals surface area (Å²) >= 11 is 6.05. The fourth-order valence-corrected chi connectivity index (χ4v) is 2.52. The highest BCUT2D eigenvalue weighted by molar-refractivity contribution is 6.31. The third-order valence-electron chi connectivity index (χ3n) is 3.78. The van der Waals surface area contributed by atoms with Gasteiger partial charge in [-0.1, -0.05) is 43.6 Å². The highest BCUT2D eigenvalue weighted by Gasteiger charge is 2.14. The first-order chi connectivity index (χ1) is 11.6. The fraction of sp³-hybridized carbons (Fsp3) is 0.316. The third-order valence-corrected chi connectivity index (χ3v) is 4.01. The zero-order valence-corrected chi connectivity index (χ0v) is 14.8. The summed E-state index contributed by atoms with van der Waals surface area (Å²) in [6.07, 6.45) is 0. The monoisotopic (exact) mass is 346 g/mol. The number of ether oxygens (including phenoxy) is 1. The SMILES string of the molecule is CCN(CC)CCOc1ccc(Cl)cc1C(=O)Nc1ccccc1. The van der Waals surface area contributed by atoms with Crippen LogP contribution in [0.5, 0.6) is 5.75 Å². The number of rotatable bonds is 8. The fourth-order valence-electron chi connectivity index (χ4n) is 2.35. The Balaban J connectivity index is 2.08. The van der Waals surface area contributed by atoms with Crippen LogP contribution in [-0.2, 0) is 0 Å². The van der Waals surface area contributed by atoms with Crippen LogP contribution in [0.25, 0.3) is 0 Å². The molecule has 0 unspecified atom stereocenters. The van der Waals surface area contributed by atoms with E-state index in [2.05, 4.69) is 24.1 Å². The second kappa shape index (κ2) is 9.30. The smallest absolute Gasteiger partial charge is 0.259 e. The highest BCUT2D eigenvalue weighted by Crippen LogP contribution is 2.24. The molecule has 2 aromatic carbocycles. The molecule has 2 aromatic rings. The predicted octanol–water partition coefficient (Wildman–Crippen LogP) is 4.31. The largest absolute Gasteiger partial charge is 0.491 e. The minimum absolute atomic E-state index is 0.235. The molecule has 1 amide bonds. The van der Waals surface area contributed by atoms with E-state index in [4.69, 9.17) is 16.3 Å². The number of nitrogens with zero attached hydrogens (tertiary/aromatic N) is 1. The number of hydrogen-bond acceptors (Lipinski definition) is 3. The van der Waals surface area contributed by atoms with E-state index in [1.165, 1.54) is 0 Å². The average Bonchev–Trinajstić information content (AvgIpc) is 2.60. The Bertz CT molecular complexity index is 658. The molecule has 0 aliphatic carbocycles. The molecule has 0 aliphatic rings. The quantitative estimate of drug-likeness (QED) is 0.774. The van der Waals surface area contributed by atoms with Gasteiger partial charge in [0.05, 0.1) is 5.56 Å². The minimum atomic E-state index is -0.235. The van der Waals surface area contributed by atoms with E-state index >= 15 is 0 Å². The molecule has 1 N–H and O–H groups in total. The number of halogens is 1. The maximum absolute atomic E-state index is 12.5. The summed E-state index contributed by atoms with van der Waals surface area (Å²) in [6.45, 7) is 7.52. The van der Waals surface area contributed by atoms with Crippen LogP contribution in [0.4, 0.5) is 5.69 Å². The first-order valence-electron chi connectivity index (χ1n) is 8.15. The van der Waals surface area contributed by atoms with Crippen molar-refractivity contribution < 1.29 is 9.53 Å². The number of carbonyl (C=O) groups is 1. The van der Waals surface area contributed by atoms with E-state index in [1.54, 1.807) is 18.2 Å². The molecule has 0 aromatic heterocycles. The predicted molar refractivity (Wildman–Crippen MR) is 99.1 cm³/mol. The van der Waals surface area contributed by atoms with E-state index in [9.17, 15) is 4.79 Å². The van der Waals surface area contributed by atoms with Crippen molar-refractivity contribution in [2.24, 2.45) is 0 Å². The molecule has 2 rings (SSSR count). The van der Waals surface area contributed by atoms with Crippen molar-refractivity contribution in [1.29, 1.82) is 0 Å². The van der Waals surface area contributed by atoms with E-state index in [1.807, 2.05) is 30.3 Å². The zero-order chi connectivity index (χ0) is 17.4. The molecule has 0 saturated carbocycles. The second-order valence-electron chi connectivity index (χ2n) is 5.34. The van der Waals surface area contributed by atoms with E-state index in [0.29, 0.717) is 22.9 Å². The van der Waals surface area contributed by atoms with Crippen LogP contribution in [0.3, 0.4) is 0 Å². The molecule has 0 aliphatic heterocycles. The minimum Gasteiger partial charge on any atom is -0.491 e. The Morgan fingerprint density at radius 3 is 2.50 bits per heavy atom. The van der Waals surface area contributed by atoms with Gasteiger partial charge in [0, 0.05) is 17.3 Å². The first-order valence-corrected chi connectivity index (χ1v) is 8.53. The number of hydrogen-bond donors (Lipinski definition) is 1. The Labute approximate surface area is 148 Å². The van der Waals surface area contributed by atoms with E-state index in [0.717, 1.165) is 25.3 Å². The molecular weight excluding hydrogens is 324 g/mol. The summed E-state index contributed by atoms with van der Waals surface area (Å²) in [5, 5.41) is 3.36. The lowest BCUT2D eigenvalue weighted by atomic mass is 10.2. The molecule has 0 radical (unpaired) electrons. The molecule has 0 bridgehead atoms. The van der Waals surface area contributed by atoms with Gasteiger partial charge in [0.1, 0.15) is 12.4 Å². The average molecular weight is 347 g/mol. The van der Waals surface area contributed by atoms with Crippen molar-refractivity contribution in [2.45, 2.75) is 13.8 Å². The second-order valence-corrected chi connectivity index (χ2v) is 5.77. The molecule has 0 heterocycles. The first kappa shape index (κ1) is 18.3. The van der Waals surface area contributed by atoms with Crippen LogP contribution in [0, 0.1) is 0 Å². The number of anilines is 1. The molecular formula is C19H23ClN2O2. The van der Waals surface area contributed by atoms with Crippen LogP contribution >= 0.6 is 11.6 Å². The maximum atomic E-state index is 12.5. The summed E-state index contributed by atoms with van der Waals surface area (Å²) in [6, 6.07) is 14.4. The van der Waals surface area contributed by atoms with Gasteiger partial charge in [-0.3, -0.25) is 4.79 Å². The lowest BCUT2D eigenvalue weighted by molar-refractivity contribution is 0.102. The van der Waals surface area contributed by atoms with Gasteiger partial charge in [0.25, 0.3) is 5.91 Å². The normalized spacial score (nSPS) is 10.7. The van der Waals surface area contributed by atoms with Crippen molar-refractivity contribution in [3.8, 4) is 5.75 Å². The Hall–Kier alpha value is -2.04. The molecule has 0 fully saturated rings. The van der Waals surface area contributed by atoms with Crippen molar-refractivity contribution in [1.82, 2.24) is 4.90 Å². The van der Waals surface area contributed by atoms with Gasteiger partial charge in [-0.25, -0.2) is 0 Å². The topological polar surface area (TPSA) is 41.6 Å². The summed E-state index contributed by atoms with van der Waals surface area (Å²) in [7, 11) is 0. The summed E-state index contributed by atoms with van der Waals surface area (Å²) in [5.74, 6) is 0.307. The number of benzene rings is 2. The van der Waals surface area contributed by atoms with Gasteiger partial charge in [-0.05, 0) is 43.4 Å². The number of nitrogens with one attached hydrogen (secondary N) is 1. The molecule has 4 nitrogen and oxygen atoms in total. The van der Waals surface area contributed by atoms with Gasteiger partial charge < -0.3 is 15.0 Å². The van der Waals surface area contributed by atoms with Gasteiger partial charge >= 0.3 is 0 Å². The number of para-hydroxylation sites is 1. The molecule has 24 heavy (non-hydrogen) atoms. The van der Waals surface area contributed by atoms with Crippen LogP contribution in [0.2, 0.25) is 5.02 Å². The van der Waals surface area contributed by atoms with Crippen molar-refractivity contribution >= 4 is 23.2 Å². The maximum Gasteiger partial charge on any atom is 0.259 e. The Morgan fingerprint density at radius 1 is 1.12 bits per heavy atom. The highest BCUT2D eigenvalue weighted by atomic mass is 35.5. The third kappa shape index (κ3) is 5.25. The summed E-state index contributed by atoms with van der Waals surface area (Å²) in [5.41, 5.74) is 1.17. The zero-order valence-electron chi connectivity index (χ0n) is 14.1. The van der Waals surface area contributed by atoms with E-state index in [-0.39, 0.29) is 5.91 Å².